The summed E-state index contributed by atoms with van der Waals surface area (Å²) in [5.41, 5.74) is 5.53. The van der Waals surface area contributed by atoms with Crippen molar-refractivity contribution in [1.29, 1.82) is 0 Å². The minimum Gasteiger partial charge on any atom is -0.386 e. The molecule has 0 aliphatic carbocycles. The summed E-state index contributed by atoms with van der Waals surface area (Å²) in [6, 6.07) is 0. The summed E-state index contributed by atoms with van der Waals surface area (Å²) in [4.78, 5) is 5.97. The van der Waals surface area contributed by atoms with Gasteiger partial charge in [-0.05, 0) is 27.9 Å². The van der Waals surface area contributed by atoms with Gasteiger partial charge in [0.25, 0.3) is 0 Å². The zero-order chi connectivity index (χ0) is 8.36. The van der Waals surface area contributed by atoms with Gasteiger partial charge >= 0.3 is 0 Å². The maximum atomic E-state index is 5.66. The van der Waals surface area contributed by atoms with E-state index in [9.17, 15) is 0 Å². The zero-order valence-corrected chi connectivity index (χ0v) is 7.47. The molecule has 0 aromatic heterocycles. The van der Waals surface area contributed by atoms with Crippen LogP contribution >= 0.6 is 0 Å². The highest BCUT2D eigenvalue weighted by Crippen LogP contribution is 2.08. The first-order valence-electron chi connectivity index (χ1n) is 3.33. The average molecular weight is 143 g/mol. The van der Waals surface area contributed by atoms with Gasteiger partial charge < -0.3 is 5.73 Å². The fourth-order valence-corrected chi connectivity index (χ4v) is 0.503. The Kier molecular flexibility index (Phi) is 2.84. The van der Waals surface area contributed by atoms with Crippen LogP contribution in [-0.2, 0) is 0 Å². The zero-order valence-electron chi connectivity index (χ0n) is 7.47. The molecule has 0 aromatic rings. The summed E-state index contributed by atoms with van der Waals surface area (Å²) in [6.07, 6.45) is 0. The van der Waals surface area contributed by atoms with E-state index in [1.54, 1.807) is 7.05 Å². The lowest BCUT2D eigenvalue weighted by Crippen LogP contribution is -2.49. The van der Waals surface area contributed by atoms with E-state index in [0.29, 0.717) is 5.84 Å². The normalized spacial score (nSPS) is 14.4. The van der Waals surface area contributed by atoms with Gasteiger partial charge in [-0.2, -0.15) is 0 Å². The second-order valence-electron chi connectivity index (χ2n) is 3.06. The third-order valence-electron chi connectivity index (χ3n) is 1.99. The van der Waals surface area contributed by atoms with Crippen molar-refractivity contribution in [3.05, 3.63) is 0 Å². The van der Waals surface area contributed by atoms with Crippen molar-refractivity contribution < 1.29 is 0 Å². The number of hydrogen-bond acceptors (Lipinski definition) is 2. The fourth-order valence-electron chi connectivity index (χ4n) is 0.503. The first-order chi connectivity index (χ1) is 4.42. The topological polar surface area (TPSA) is 41.6 Å². The van der Waals surface area contributed by atoms with Crippen LogP contribution in [0.1, 0.15) is 13.8 Å². The second-order valence-corrected chi connectivity index (χ2v) is 3.06. The maximum absolute atomic E-state index is 5.66. The molecule has 2 N–H and O–H groups in total. The van der Waals surface area contributed by atoms with E-state index in [-0.39, 0.29) is 5.54 Å². The van der Waals surface area contributed by atoms with Crippen molar-refractivity contribution >= 4 is 5.84 Å². The van der Waals surface area contributed by atoms with E-state index in [2.05, 4.69) is 4.99 Å². The van der Waals surface area contributed by atoms with Crippen LogP contribution in [0.5, 0.6) is 0 Å². The van der Waals surface area contributed by atoms with E-state index >= 15 is 0 Å². The third-order valence-corrected chi connectivity index (χ3v) is 1.99. The van der Waals surface area contributed by atoms with Crippen LogP contribution < -0.4 is 5.73 Å². The van der Waals surface area contributed by atoms with Crippen LogP contribution in [0.2, 0.25) is 0 Å². The SMILES string of the molecule is CN=C(N)C(C)(C)N(C)C. The Labute approximate surface area is 62.9 Å². The molecule has 0 atom stereocenters. The molecule has 0 fully saturated rings. The molecule has 0 aliphatic heterocycles. The van der Waals surface area contributed by atoms with Crippen LogP contribution in [0.3, 0.4) is 0 Å². The number of amidine groups is 1. The second kappa shape index (κ2) is 3.01. The van der Waals surface area contributed by atoms with Gasteiger partial charge in [-0.1, -0.05) is 0 Å². The highest BCUT2D eigenvalue weighted by molar-refractivity contribution is 5.89. The molecule has 0 heterocycles. The summed E-state index contributed by atoms with van der Waals surface area (Å²) in [7, 11) is 5.68. The van der Waals surface area contributed by atoms with E-state index in [1.165, 1.54) is 0 Å². The summed E-state index contributed by atoms with van der Waals surface area (Å²) in [6.45, 7) is 4.07. The van der Waals surface area contributed by atoms with E-state index < -0.39 is 0 Å². The Balaban J connectivity index is 4.40. The molecule has 0 saturated carbocycles. The van der Waals surface area contributed by atoms with Gasteiger partial charge in [0.15, 0.2) is 0 Å². The van der Waals surface area contributed by atoms with Crippen molar-refractivity contribution in [1.82, 2.24) is 4.90 Å². The van der Waals surface area contributed by atoms with Crippen LogP contribution in [-0.4, -0.2) is 37.4 Å². The number of likely N-dealkylation sites (N-methyl/N-ethyl adjacent to an activating group) is 1. The molecule has 3 nitrogen and oxygen atoms in total. The number of hydrogen-bond donors (Lipinski definition) is 1. The molecule has 0 unspecified atom stereocenters. The van der Waals surface area contributed by atoms with Crippen LogP contribution in [0.4, 0.5) is 0 Å². The summed E-state index contributed by atoms with van der Waals surface area (Å²) in [5, 5.41) is 0. The van der Waals surface area contributed by atoms with Crippen LogP contribution in [0.25, 0.3) is 0 Å². The predicted octanol–water partition coefficient (Wildman–Crippen LogP) is 0.314. The molecule has 3 heteroatoms. The fraction of sp³-hybridized carbons (Fsp3) is 0.857. The average Bonchev–Trinajstić information content (AvgIpc) is 1.86. The predicted molar refractivity (Wildman–Crippen MR) is 45.3 cm³/mol. The van der Waals surface area contributed by atoms with Crippen molar-refractivity contribution in [2.24, 2.45) is 10.7 Å². The number of aliphatic imine (C=N–C) groups is 1. The Hall–Kier alpha value is -0.570. The van der Waals surface area contributed by atoms with Crippen molar-refractivity contribution in [2.75, 3.05) is 21.1 Å². The Morgan fingerprint density at radius 1 is 1.40 bits per heavy atom. The van der Waals surface area contributed by atoms with Gasteiger partial charge in [0.2, 0.25) is 0 Å². The third kappa shape index (κ3) is 1.70. The molecule has 0 spiro atoms. The van der Waals surface area contributed by atoms with Crippen LogP contribution in [0.15, 0.2) is 4.99 Å². The minimum atomic E-state index is -0.130. The van der Waals surface area contributed by atoms with Gasteiger partial charge in [-0.15, -0.1) is 0 Å². The molecule has 0 aromatic carbocycles. The molecular formula is C7H17N3. The molecule has 10 heavy (non-hydrogen) atoms. The summed E-state index contributed by atoms with van der Waals surface area (Å²) < 4.78 is 0. The maximum Gasteiger partial charge on any atom is 0.113 e. The molecule has 0 saturated heterocycles. The van der Waals surface area contributed by atoms with Gasteiger partial charge in [-0.3, -0.25) is 9.89 Å². The van der Waals surface area contributed by atoms with Crippen molar-refractivity contribution in [3.63, 3.8) is 0 Å². The number of nitrogens with zero attached hydrogens (tertiary/aromatic N) is 2. The lowest BCUT2D eigenvalue weighted by atomic mass is 10.0. The molecule has 0 bridgehead atoms. The Morgan fingerprint density at radius 3 is 1.90 bits per heavy atom. The molecule has 0 aliphatic rings. The van der Waals surface area contributed by atoms with Gasteiger partial charge in [0, 0.05) is 7.05 Å². The molecular weight excluding hydrogens is 126 g/mol. The minimum absolute atomic E-state index is 0.130. The largest absolute Gasteiger partial charge is 0.386 e. The van der Waals surface area contributed by atoms with Crippen molar-refractivity contribution in [3.8, 4) is 0 Å². The number of nitrogens with two attached hydrogens (primary N) is 1. The summed E-state index contributed by atoms with van der Waals surface area (Å²) >= 11 is 0. The lowest BCUT2D eigenvalue weighted by molar-refractivity contribution is 0.272. The Bertz CT molecular complexity index is 136. The monoisotopic (exact) mass is 143 g/mol. The van der Waals surface area contributed by atoms with Crippen molar-refractivity contribution in [2.45, 2.75) is 19.4 Å². The highest BCUT2D eigenvalue weighted by atomic mass is 15.2. The van der Waals surface area contributed by atoms with E-state index in [4.69, 9.17) is 5.73 Å². The highest BCUT2D eigenvalue weighted by Gasteiger charge is 2.24. The molecule has 0 rings (SSSR count). The van der Waals surface area contributed by atoms with Crippen LogP contribution in [0, 0.1) is 0 Å². The lowest BCUT2D eigenvalue weighted by Gasteiger charge is -2.31. The quantitative estimate of drug-likeness (QED) is 0.446. The van der Waals surface area contributed by atoms with E-state index in [0.717, 1.165) is 0 Å². The van der Waals surface area contributed by atoms with E-state index in [1.807, 2.05) is 32.8 Å². The summed E-state index contributed by atoms with van der Waals surface area (Å²) in [5.74, 6) is 0.664. The van der Waals surface area contributed by atoms with Gasteiger partial charge in [0.05, 0.1) is 5.54 Å². The smallest absolute Gasteiger partial charge is 0.113 e. The standard InChI is InChI=1S/C7H17N3/c1-7(2,10(4)5)6(8)9-3/h1-5H3,(H2,8,9). The molecule has 60 valence electrons. The first-order valence-corrected chi connectivity index (χ1v) is 3.33. The van der Waals surface area contributed by atoms with Gasteiger partial charge in [0.1, 0.15) is 5.84 Å². The molecule has 0 amide bonds. The number of rotatable bonds is 2. The Morgan fingerprint density at radius 2 is 1.80 bits per heavy atom. The molecule has 0 radical (unpaired) electrons. The first kappa shape index (κ1) is 9.43. The van der Waals surface area contributed by atoms with Gasteiger partial charge in [-0.25, -0.2) is 0 Å².